The second kappa shape index (κ2) is 6.94. The van der Waals surface area contributed by atoms with Crippen molar-refractivity contribution in [2.45, 2.75) is 13.0 Å². The molecule has 1 aliphatic heterocycles. The molecule has 2 aromatic rings. The van der Waals surface area contributed by atoms with Crippen LogP contribution in [0.1, 0.15) is 18.5 Å². The molecular weight excluding hydrogens is 345 g/mol. The number of carbonyl (C=O) groups is 2. The molecule has 0 aromatic heterocycles. The van der Waals surface area contributed by atoms with E-state index in [-0.39, 0.29) is 16.2 Å². The maximum atomic E-state index is 14.3. The number of carbonyl (C=O) groups excluding carboxylic acids is 2. The van der Waals surface area contributed by atoms with Crippen LogP contribution < -0.4 is 16.0 Å². The molecule has 0 unspecified atom stereocenters. The van der Waals surface area contributed by atoms with Crippen molar-refractivity contribution in [3.05, 3.63) is 76.2 Å². The van der Waals surface area contributed by atoms with Gasteiger partial charge in [0, 0.05) is 22.0 Å². The molecule has 3 amide bonds. The number of para-hydroxylation sites is 1. The first-order valence-corrected chi connectivity index (χ1v) is 7.93. The Kier molecular flexibility index (Phi) is 4.72. The van der Waals surface area contributed by atoms with E-state index in [0.29, 0.717) is 11.4 Å². The Morgan fingerprint density at radius 1 is 1.16 bits per heavy atom. The molecule has 0 radical (unpaired) electrons. The van der Waals surface area contributed by atoms with Gasteiger partial charge in [0.05, 0.1) is 11.6 Å². The largest absolute Gasteiger partial charge is 0.327 e. The predicted molar refractivity (Wildman–Crippen MR) is 93.6 cm³/mol. The lowest BCUT2D eigenvalue weighted by Crippen LogP contribution is -2.46. The lowest BCUT2D eigenvalue weighted by atomic mass is 9.94. The molecule has 1 heterocycles. The van der Waals surface area contributed by atoms with E-state index in [1.807, 2.05) is 6.07 Å². The number of halogens is 2. The van der Waals surface area contributed by atoms with Gasteiger partial charge in [-0.3, -0.25) is 4.79 Å². The highest BCUT2D eigenvalue weighted by Crippen LogP contribution is 2.33. The number of amides is 3. The van der Waals surface area contributed by atoms with Gasteiger partial charge in [-0.15, -0.1) is 0 Å². The van der Waals surface area contributed by atoms with Crippen molar-refractivity contribution in [1.82, 2.24) is 10.6 Å². The summed E-state index contributed by atoms with van der Waals surface area (Å²) in [5.41, 5.74) is 1.16. The van der Waals surface area contributed by atoms with Gasteiger partial charge in [-0.25, -0.2) is 9.18 Å². The van der Waals surface area contributed by atoms with Crippen molar-refractivity contribution in [3.8, 4) is 0 Å². The molecule has 1 aliphatic rings. The molecule has 128 valence electrons. The number of anilines is 1. The molecule has 0 fully saturated rings. The summed E-state index contributed by atoms with van der Waals surface area (Å²) in [6, 6.07) is 11.5. The van der Waals surface area contributed by atoms with Crippen LogP contribution in [0.4, 0.5) is 14.9 Å². The van der Waals surface area contributed by atoms with Crippen LogP contribution in [0, 0.1) is 5.82 Å². The van der Waals surface area contributed by atoms with E-state index in [0.717, 1.165) is 0 Å². The maximum Gasteiger partial charge on any atom is 0.319 e. The predicted octanol–water partition coefficient (Wildman–Crippen LogP) is 3.75. The zero-order valence-electron chi connectivity index (χ0n) is 13.3. The summed E-state index contributed by atoms with van der Waals surface area (Å²) in [6.45, 7) is 1.58. The smallest absolute Gasteiger partial charge is 0.319 e. The minimum absolute atomic E-state index is 0.0524. The minimum Gasteiger partial charge on any atom is -0.327 e. The Morgan fingerprint density at radius 3 is 2.56 bits per heavy atom. The summed E-state index contributed by atoms with van der Waals surface area (Å²) in [7, 11) is 0. The summed E-state index contributed by atoms with van der Waals surface area (Å²) >= 11 is 6.12. The second-order valence-electron chi connectivity index (χ2n) is 5.53. The third-order valence-electron chi connectivity index (χ3n) is 3.83. The van der Waals surface area contributed by atoms with Crippen LogP contribution in [0.25, 0.3) is 0 Å². The van der Waals surface area contributed by atoms with Gasteiger partial charge < -0.3 is 16.0 Å². The van der Waals surface area contributed by atoms with E-state index in [2.05, 4.69) is 16.0 Å². The van der Waals surface area contributed by atoms with E-state index in [1.165, 1.54) is 18.2 Å². The van der Waals surface area contributed by atoms with Crippen molar-refractivity contribution >= 4 is 29.2 Å². The molecule has 0 aliphatic carbocycles. The summed E-state index contributed by atoms with van der Waals surface area (Å²) in [6.07, 6.45) is 0. The van der Waals surface area contributed by atoms with Gasteiger partial charge in [0.25, 0.3) is 5.91 Å². The van der Waals surface area contributed by atoms with Gasteiger partial charge in [0.15, 0.2) is 0 Å². The number of hydrogen-bond acceptors (Lipinski definition) is 2. The molecule has 0 bridgehead atoms. The quantitative estimate of drug-likeness (QED) is 0.781. The lowest BCUT2D eigenvalue weighted by molar-refractivity contribution is -0.113. The third kappa shape index (κ3) is 3.49. The number of hydrogen-bond donors (Lipinski definition) is 3. The number of nitrogens with one attached hydrogen (secondary N) is 3. The van der Waals surface area contributed by atoms with E-state index < -0.39 is 23.8 Å². The number of benzene rings is 2. The van der Waals surface area contributed by atoms with E-state index in [4.69, 9.17) is 11.6 Å². The molecule has 0 saturated heterocycles. The van der Waals surface area contributed by atoms with Crippen LogP contribution >= 0.6 is 11.6 Å². The Balaban J connectivity index is 2.02. The van der Waals surface area contributed by atoms with E-state index in [9.17, 15) is 14.0 Å². The fraction of sp³-hybridized carbons (Fsp3) is 0.111. The maximum absolute atomic E-state index is 14.3. The van der Waals surface area contributed by atoms with Crippen molar-refractivity contribution in [3.63, 3.8) is 0 Å². The number of urea groups is 1. The van der Waals surface area contributed by atoms with Crippen molar-refractivity contribution in [2.75, 3.05) is 5.32 Å². The van der Waals surface area contributed by atoms with Gasteiger partial charge in [-0.2, -0.15) is 0 Å². The summed E-state index contributed by atoms with van der Waals surface area (Å²) in [5.74, 6) is -1.06. The number of rotatable bonds is 3. The van der Waals surface area contributed by atoms with Crippen LogP contribution in [-0.4, -0.2) is 11.9 Å². The van der Waals surface area contributed by atoms with Crippen LogP contribution in [0.2, 0.25) is 5.02 Å². The molecular formula is C18H15ClFN3O2. The first-order valence-electron chi connectivity index (χ1n) is 7.56. The van der Waals surface area contributed by atoms with Crippen molar-refractivity contribution < 1.29 is 14.0 Å². The Morgan fingerprint density at radius 2 is 1.88 bits per heavy atom. The van der Waals surface area contributed by atoms with Gasteiger partial charge in [-0.1, -0.05) is 35.9 Å². The van der Waals surface area contributed by atoms with Crippen LogP contribution in [0.15, 0.2) is 59.8 Å². The van der Waals surface area contributed by atoms with Gasteiger partial charge in [-0.05, 0) is 31.2 Å². The molecule has 0 saturated carbocycles. The summed E-state index contributed by atoms with van der Waals surface area (Å²) in [4.78, 5) is 24.6. The van der Waals surface area contributed by atoms with Gasteiger partial charge in [0.2, 0.25) is 0 Å². The third-order valence-corrected chi connectivity index (χ3v) is 4.16. The fourth-order valence-corrected chi connectivity index (χ4v) is 2.99. The molecule has 3 rings (SSSR count). The highest BCUT2D eigenvalue weighted by molar-refractivity contribution is 6.31. The first-order chi connectivity index (χ1) is 12.0. The van der Waals surface area contributed by atoms with Crippen molar-refractivity contribution in [2.24, 2.45) is 0 Å². The Bertz CT molecular complexity index is 848. The molecule has 2 aromatic carbocycles. The highest BCUT2D eigenvalue weighted by atomic mass is 35.5. The average Bonchev–Trinajstić information content (AvgIpc) is 2.55. The number of allylic oxidation sites excluding steroid dienone is 1. The van der Waals surface area contributed by atoms with E-state index >= 15 is 0 Å². The Hall–Kier alpha value is -2.86. The average molecular weight is 360 g/mol. The molecule has 25 heavy (non-hydrogen) atoms. The molecule has 0 spiro atoms. The molecule has 1 atom stereocenters. The van der Waals surface area contributed by atoms with E-state index in [1.54, 1.807) is 31.2 Å². The summed E-state index contributed by atoms with van der Waals surface area (Å²) in [5, 5.41) is 7.98. The minimum atomic E-state index is -0.994. The zero-order valence-corrected chi connectivity index (χ0v) is 14.0. The van der Waals surface area contributed by atoms with Crippen LogP contribution in [0.3, 0.4) is 0 Å². The van der Waals surface area contributed by atoms with Gasteiger partial charge in [0.1, 0.15) is 5.82 Å². The van der Waals surface area contributed by atoms with Crippen molar-refractivity contribution in [1.29, 1.82) is 0 Å². The summed E-state index contributed by atoms with van der Waals surface area (Å²) < 4.78 is 14.3. The van der Waals surface area contributed by atoms with Crippen LogP contribution in [0.5, 0.6) is 0 Å². The normalized spacial score (nSPS) is 16.9. The van der Waals surface area contributed by atoms with Crippen LogP contribution in [-0.2, 0) is 4.79 Å². The zero-order chi connectivity index (χ0) is 18.0. The molecule has 3 N–H and O–H groups in total. The fourth-order valence-electron chi connectivity index (χ4n) is 2.72. The SMILES string of the molecule is CC1=C(C(=O)Nc2ccccc2)[C@H](c2c(F)cccc2Cl)NC(=O)N1. The molecule has 5 nitrogen and oxygen atoms in total. The lowest BCUT2D eigenvalue weighted by Gasteiger charge is -2.29. The first kappa shape index (κ1) is 17.0. The second-order valence-corrected chi connectivity index (χ2v) is 5.93. The van der Waals surface area contributed by atoms with Gasteiger partial charge >= 0.3 is 6.03 Å². The monoisotopic (exact) mass is 359 g/mol. The molecule has 7 heteroatoms. The highest BCUT2D eigenvalue weighted by Gasteiger charge is 2.34. The topological polar surface area (TPSA) is 70.2 Å². The Labute approximate surface area is 148 Å². The standard InChI is InChI=1S/C18H15ClFN3O2/c1-10-14(17(24)22-11-6-3-2-4-7-11)16(23-18(25)21-10)15-12(19)8-5-9-13(15)20/h2-9,16H,1H3,(H,22,24)(H2,21,23,25)/t16-/m1/s1.